The van der Waals surface area contributed by atoms with Crippen LogP contribution < -0.4 is 4.90 Å². The van der Waals surface area contributed by atoms with E-state index >= 15 is 0 Å². The number of anilines is 1. The van der Waals surface area contributed by atoms with E-state index < -0.39 is 0 Å². The normalized spacial score (nSPS) is 15.1. The molecule has 0 bridgehead atoms. The Hall–Kier alpha value is -2.29. The molecule has 20 heavy (non-hydrogen) atoms. The van der Waals surface area contributed by atoms with Gasteiger partial charge in [0, 0.05) is 18.8 Å². The molecule has 1 aliphatic rings. The van der Waals surface area contributed by atoms with E-state index in [1.165, 1.54) is 24.0 Å². The van der Waals surface area contributed by atoms with Crippen LogP contribution in [0, 0.1) is 0 Å². The maximum Gasteiger partial charge on any atom is 0.211 e. The second-order valence-corrected chi connectivity index (χ2v) is 5.27. The van der Waals surface area contributed by atoms with Crippen LogP contribution in [0.5, 0.6) is 0 Å². The van der Waals surface area contributed by atoms with Crippen molar-refractivity contribution in [3.63, 3.8) is 0 Å². The van der Waals surface area contributed by atoms with E-state index in [-0.39, 0.29) is 0 Å². The molecule has 1 fully saturated rings. The van der Waals surface area contributed by atoms with Gasteiger partial charge in [0.1, 0.15) is 0 Å². The molecule has 1 saturated heterocycles. The molecule has 1 aliphatic heterocycles. The molecule has 2 heterocycles. The van der Waals surface area contributed by atoms with Crippen molar-refractivity contribution in [3.8, 4) is 5.69 Å². The maximum absolute atomic E-state index is 4.86. The third-order valence-electron chi connectivity index (χ3n) is 3.95. The Bertz CT molecular complexity index is 724. The molecule has 0 unspecified atom stereocenters. The molecule has 0 saturated carbocycles. The Kier molecular flexibility index (Phi) is 2.69. The van der Waals surface area contributed by atoms with Crippen LogP contribution in [0.2, 0.25) is 0 Å². The highest BCUT2D eigenvalue weighted by atomic mass is 15.3. The molecule has 1 aromatic heterocycles. The van der Waals surface area contributed by atoms with Gasteiger partial charge < -0.3 is 4.90 Å². The molecule has 3 nitrogen and oxygen atoms in total. The van der Waals surface area contributed by atoms with Crippen molar-refractivity contribution in [2.45, 2.75) is 12.8 Å². The molecule has 4 rings (SSSR count). The lowest BCUT2D eigenvalue weighted by molar-refractivity contribution is 0.884. The summed E-state index contributed by atoms with van der Waals surface area (Å²) in [5.41, 5.74) is 3.43. The summed E-state index contributed by atoms with van der Waals surface area (Å²) in [5, 5.41) is 0. The van der Waals surface area contributed by atoms with Gasteiger partial charge in [-0.1, -0.05) is 30.3 Å². The van der Waals surface area contributed by atoms with Crippen molar-refractivity contribution in [2.75, 3.05) is 18.0 Å². The van der Waals surface area contributed by atoms with Crippen LogP contribution in [-0.4, -0.2) is 22.6 Å². The fourth-order valence-corrected chi connectivity index (χ4v) is 2.97. The molecule has 3 aromatic rings. The summed E-state index contributed by atoms with van der Waals surface area (Å²) in [4.78, 5) is 7.26. The summed E-state index contributed by atoms with van der Waals surface area (Å²) in [6, 6.07) is 18.9. The predicted molar refractivity (Wildman–Crippen MR) is 82.5 cm³/mol. The summed E-state index contributed by atoms with van der Waals surface area (Å²) in [6.07, 6.45) is 2.52. The minimum Gasteiger partial charge on any atom is -0.342 e. The van der Waals surface area contributed by atoms with E-state index in [0.717, 1.165) is 24.6 Å². The smallest absolute Gasteiger partial charge is 0.211 e. The molecular weight excluding hydrogens is 246 g/mol. The van der Waals surface area contributed by atoms with Crippen LogP contribution in [0.1, 0.15) is 12.8 Å². The van der Waals surface area contributed by atoms with Crippen molar-refractivity contribution in [1.29, 1.82) is 0 Å². The Morgan fingerprint density at radius 2 is 1.50 bits per heavy atom. The highest BCUT2D eigenvalue weighted by molar-refractivity contribution is 5.81. The van der Waals surface area contributed by atoms with E-state index in [9.17, 15) is 0 Å². The van der Waals surface area contributed by atoms with Crippen LogP contribution in [0.25, 0.3) is 16.7 Å². The lowest BCUT2D eigenvalue weighted by Crippen LogP contribution is -2.21. The Balaban J connectivity index is 1.98. The monoisotopic (exact) mass is 263 g/mol. The first-order chi connectivity index (χ1) is 9.93. The largest absolute Gasteiger partial charge is 0.342 e. The fourth-order valence-electron chi connectivity index (χ4n) is 2.97. The van der Waals surface area contributed by atoms with Gasteiger partial charge >= 0.3 is 0 Å². The standard InChI is InChI=1S/C17H17N3/c1-2-8-14(9-3-1)20-16-11-5-4-10-15(16)18-17(20)19-12-6-7-13-19/h1-5,8-11H,6-7,12-13H2. The average molecular weight is 263 g/mol. The zero-order valence-corrected chi connectivity index (χ0v) is 11.4. The van der Waals surface area contributed by atoms with Gasteiger partial charge in [0.2, 0.25) is 5.95 Å². The number of para-hydroxylation sites is 3. The second-order valence-electron chi connectivity index (χ2n) is 5.27. The topological polar surface area (TPSA) is 21.1 Å². The van der Waals surface area contributed by atoms with Crippen LogP contribution in [-0.2, 0) is 0 Å². The number of rotatable bonds is 2. The van der Waals surface area contributed by atoms with Crippen molar-refractivity contribution in [2.24, 2.45) is 0 Å². The second kappa shape index (κ2) is 4.67. The number of benzene rings is 2. The van der Waals surface area contributed by atoms with E-state index in [0.29, 0.717) is 0 Å². The van der Waals surface area contributed by atoms with E-state index in [1.54, 1.807) is 0 Å². The Morgan fingerprint density at radius 1 is 0.800 bits per heavy atom. The first-order valence-electron chi connectivity index (χ1n) is 7.21. The molecule has 0 spiro atoms. The number of hydrogen-bond acceptors (Lipinski definition) is 2. The Morgan fingerprint density at radius 3 is 2.30 bits per heavy atom. The number of nitrogens with zero attached hydrogens (tertiary/aromatic N) is 3. The Labute approximate surface area is 118 Å². The first-order valence-corrected chi connectivity index (χ1v) is 7.21. The summed E-state index contributed by atoms with van der Waals surface area (Å²) in [6.45, 7) is 2.21. The zero-order chi connectivity index (χ0) is 13.4. The molecule has 0 amide bonds. The molecule has 2 aromatic carbocycles. The highest BCUT2D eigenvalue weighted by Crippen LogP contribution is 2.28. The number of hydrogen-bond donors (Lipinski definition) is 0. The third kappa shape index (κ3) is 1.78. The van der Waals surface area contributed by atoms with E-state index in [1.807, 2.05) is 0 Å². The first kappa shape index (κ1) is 11.5. The van der Waals surface area contributed by atoms with Crippen LogP contribution in [0.4, 0.5) is 5.95 Å². The van der Waals surface area contributed by atoms with Crippen molar-refractivity contribution in [3.05, 3.63) is 54.6 Å². The molecule has 3 heteroatoms. The lowest BCUT2D eigenvalue weighted by Gasteiger charge is -2.18. The summed E-state index contributed by atoms with van der Waals surface area (Å²) in [5.74, 6) is 1.08. The van der Waals surface area contributed by atoms with Crippen LogP contribution in [0.3, 0.4) is 0 Å². The van der Waals surface area contributed by atoms with Gasteiger partial charge in [-0.25, -0.2) is 4.98 Å². The predicted octanol–water partition coefficient (Wildman–Crippen LogP) is 3.63. The minimum absolute atomic E-state index is 1.07. The lowest BCUT2D eigenvalue weighted by atomic mass is 10.3. The van der Waals surface area contributed by atoms with Crippen LogP contribution in [0.15, 0.2) is 54.6 Å². The summed E-state index contributed by atoms with van der Waals surface area (Å²) in [7, 11) is 0. The zero-order valence-electron chi connectivity index (χ0n) is 11.4. The number of fused-ring (bicyclic) bond motifs is 1. The molecule has 0 aliphatic carbocycles. The van der Waals surface area contributed by atoms with Crippen molar-refractivity contribution >= 4 is 17.0 Å². The summed E-state index contributed by atoms with van der Waals surface area (Å²) >= 11 is 0. The molecule has 0 atom stereocenters. The molecular formula is C17H17N3. The van der Waals surface area contributed by atoms with E-state index in [2.05, 4.69) is 64.1 Å². The van der Waals surface area contributed by atoms with Gasteiger partial charge in [-0.3, -0.25) is 4.57 Å². The summed E-state index contributed by atoms with van der Waals surface area (Å²) < 4.78 is 2.28. The van der Waals surface area contributed by atoms with Crippen molar-refractivity contribution in [1.82, 2.24) is 9.55 Å². The maximum atomic E-state index is 4.86. The van der Waals surface area contributed by atoms with E-state index in [4.69, 9.17) is 4.98 Å². The van der Waals surface area contributed by atoms with Gasteiger partial charge in [-0.2, -0.15) is 0 Å². The molecule has 0 N–H and O–H groups in total. The van der Waals surface area contributed by atoms with Gasteiger partial charge in [0.05, 0.1) is 11.0 Å². The third-order valence-corrected chi connectivity index (χ3v) is 3.95. The quantitative estimate of drug-likeness (QED) is 0.704. The number of aromatic nitrogens is 2. The van der Waals surface area contributed by atoms with Gasteiger partial charge in [-0.05, 0) is 37.1 Å². The van der Waals surface area contributed by atoms with Gasteiger partial charge in [0.25, 0.3) is 0 Å². The number of imidazole rings is 1. The molecule has 0 radical (unpaired) electrons. The van der Waals surface area contributed by atoms with Crippen molar-refractivity contribution < 1.29 is 0 Å². The van der Waals surface area contributed by atoms with Crippen LogP contribution >= 0.6 is 0 Å². The van der Waals surface area contributed by atoms with Gasteiger partial charge in [-0.15, -0.1) is 0 Å². The van der Waals surface area contributed by atoms with Gasteiger partial charge in [0.15, 0.2) is 0 Å². The molecule has 100 valence electrons. The minimum atomic E-state index is 1.07. The highest BCUT2D eigenvalue weighted by Gasteiger charge is 2.20. The SMILES string of the molecule is c1ccc(-n2c(N3CCCC3)nc3ccccc32)cc1. The fraction of sp³-hybridized carbons (Fsp3) is 0.235. The average Bonchev–Trinajstić information content (AvgIpc) is 3.15.